The zero-order valence-corrected chi connectivity index (χ0v) is 40.8. The van der Waals surface area contributed by atoms with Crippen LogP contribution in [0.5, 0.6) is 11.5 Å². The Hall–Kier alpha value is -8.96. The first-order valence-corrected chi connectivity index (χ1v) is 23.6. The molecule has 3 heteroatoms. The van der Waals surface area contributed by atoms with E-state index in [9.17, 15) is 5.11 Å². The van der Waals surface area contributed by atoms with Crippen LogP contribution in [-0.2, 0) is 15.6 Å². The topological polar surface area (TPSA) is 38.7 Å². The summed E-state index contributed by atoms with van der Waals surface area (Å²) in [5.74, 6) is 27.6. The third-order valence-electron chi connectivity index (χ3n) is 12.7. The minimum atomic E-state index is -0.867. The van der Waals surface area contributed by atoms with E-state index in [1.165, 1.54) is 0 Å². The number of fused-ring (bicyclic) bond motifs is 4. The second-order valence-corrected chi connectivity index (χ2v) is 16.7. The molecule has 71 heavy (non-hydrogen) atoms. The Balaban J connectivity index is 0.000000788. The van der Waals surface area contributed by atoms with Gasteiger partial charge in [-0.1, -0.05) is 181 Å². The highest BCUT2D eigenvalue weighted by Gasteiger charge is 2.42. The van der Waals surface area contributed by atoms with E-state index in [1.54, 1.807) is 7.11 Å². The van der Waals surface area contributed by atoms with E-state index in [4.69, 9.17) is 9.47 Å². The Kier molecular flexibility index (Phi) is 15.6. The van der Waals surface area contributed by atoms with E-state index in [0.717, 1.165) is 78.1 Å². The Bertz CT molecular complexity index is 3220. The summed E-state index contributed by atoms with van der Waals surface area (Å²) < 4.78 is 12.7. The third-order valence-corrected chi connectivity index (χ3v) is 12.7. The van der Waals surface area contributed by atoms with Gasteiger partial charge in [-0.15, -0.1) is 23.7 Å². The van der Waals surface area contributed by atoms with Crippen LogP contribution < -0.4 is 4.74 Å². The molecule has 10 rings (SSSR count). The fourth-order valence-electron chi connectivity index (χ4n) is 9.21. The van der Waals surface area contributed by atoms with Gasteiger partial charge >= 0.3 is 0 Å². The molecule has 3 nitrogen and oxygen atoms in total. The van der Waals surface area contributed by atoms with Gasteiger partial charge in [-0.3, -0.25) is 0 Å². The van der Waals surface area contributed by atoms with E-state index in [-0.39, 0.29) is 6.61 Å². The van der Waals surface area contributed by atoms with Crippen molar-refractivity contribution in [2.75, 3.05) is 13.7 Å². The highest BCUT2D eigenvalue weighted by molar-refractivity contribution is 5.90. The van der Waals surface area contributed by atoms with Crippen molar-refractivity contribution in [3.8, 4) is 58.9 Å². The van der Waals surface area contributed by atoms with E-state index >= 15 is 0 Å². The van der Waals surface area contributed by atoms with Crippen LogP contribution in [0.2, 0.25) is 0 Å². The molecule has 0 aromatic heterocycles. The van der Waals surface area contributed by atoms with E-state index in [1.807, 2.05) is 131 Å². The van der Waals surface area contributed by atoms with Gasteiger partial charge in [-0.05, 0) is 144 Å². The standard InChI is InChI=1S/C60H42O3.2C4H6/c1-62-58-41-46-21-9-13-25-55(46)60(57-27-15-11-23-53(57)58,39-37-44-18-6-3-7-19-44)49-30-34-51(35-31-49)63-50-32-28-48(29-33-50)59(38-36-43-16-4-2-5-17-43)54-24-12-8-20-45(54)40-47(42-61)52-22-10-14-26-56(52)59;2*1-3-4-2/h2-35,40-41,61H,42H2,1H3;2*1-2H3. The van der Waals surface area contributed by atoms with Crippen LogP contribution in [-0.4, -0.2) is 18.8 Å². The molecule has 8 aromatic rings. The van der Waals surface area contributed by atoms with E-state index in [2.05, 4.69) is 163 Å². The van der Waals surface area contributed by atoms with Crippen LogP contribution in [0.15, 0.2) is 206 Å². The first-order chi connectivity index (χ1) is 34.9. The number of aliphatic hydroxyl groups excluding tert-OH is 1. The zero-order chi connectivity index (χ0) is 49.5. The number of rotatable bonds is 6. The van der Waals surface area contributed by atoms with Crippen molar-refractivity contribution in [1.82, 2.24) is 0 Å². The number of hydrogen-bond acceptors (Lipinski definition) is 3. The van der Waals surface area contributed by atoms with Gasteiger partial charge in [0.2, 0.25) is 0 Å². The van der Waals surface area contributed by atoms with Crippen molar-refractivity contribution >= 4 is 23.5 Å². The molecule has 0 aliphatic heterocycles. The summed E-state index contributed by atoms with van der Waals surface area (Å²) in [6.45, 7) is 7.18. The van der Waals surface area contributed by atoms with Gasteiger partial charge in [0.05, 0.1) is 13.7 Å². The van der Waals surface area contributed by atoms with Crippen LogP contribution in [0.3, 0.4) is 0 Å². The quantitative estimate of drug-likeness (QED) is 0.169. The van der Waals surface area contributed by atoms with Crippen molar-refractivity contribution in [3.63, 3.8) is 0 Å². The molecule has 1 N–H and O–H groups in total. The first kappa shape index (κ1) is 48.5. The zero-order valence-electron chi connectivity index (χ0n) is 40.8. The largest absolute Gasteiger partial charge is 0.496 e. The summed E-state index contributed by atoms with van der Waals surface area (Å²) in [4.78, 5) is 0. The average molecular weight is 919 g/mol. The minimum absolute atomic E-state index is 0.0933. The SMILES string of the molecule is CC#CC.CC#CC.COC1=Cc2ccccc2C(C#Cc2ccccc2)(c2ccc(Oc3ccc(C4(C#Cc5ccccc5)c5ccccc5C=C(CO)c5ccccc54)cc3)cc2)c2ccccc21. The Morgan fingerprint density at radius 1 is 0.408 bits per heavy atom. The predicted molar refractivity (Wildman–Crippen MR) is 293 cm³/mol. The second-order valence-electron chi connectivity index (χ2n) is 16.7. The third kappa shape index (κ3) is 10.1. The maximum atomic E-state index is 10.7. The first-order valence-electron chi connectivity index (χ1n) is 23.6. The molecule has 2 aliphatic carbocycles. The lowest BCUT2D eigenvalue weighted by Gasteiger charge is -2.33. The average Bonchev–Trinajstić information content (AvgIpc) is 3.64. The molecule has 8 aromatic carbocycles. The summed E-state index contributed by atoms with van der Waals surface area (Å²) in [6.07, 6.45) is 4.21. The second kappa shape index (κ2) is 22.9. The lowest BCUT2D eigenvalue weighted by atomic mass is 9.68. The highest BCUT2D eigenvalue weighted by Crippen LogP contribution is 2.49. The summed E-state index contributed by atoms with van der Waals surface area (Å²) in [7, 11) is 1.73. The lowest BCUT2D eigenvalue weighted by molar-refractivity contribution is 0.350. The number of ether oxygens (including phenoxy) is 2. The Morgan fingerprint density at radius 2 is 0.789 bits per heavy atom. The van der Waals surface area contributed by atoms with Crippen molar-refractivity contribution in [2.24, 2.45) is 0 Å². The van der Waals surface area contributed by atoms with Gasteiger partial charge in [0.1, 0.15) is 28.1 Å². The molecule has 344 valence electrons. The molecule has 2 unspecified atom stereocenters. The van der Waals surface area contributed by atoms with Crippen molar-refractivity contribution in [1.29, 1.82) is 0 Å². The normalized spacial score (nSPS) is 15.4. The van der Waals surface area contributed by atoms with Crippen LogP contribution in [0.4, 0.5) is 0 Å². The number of hydrogen-bond donors (Lipinski definition) is 1. The fourth-order valence-corrected chi connectivity index (χ4v) is 9.21. The van der Waals surface area contributed by atoms with Gasteiger partial charge in [0, 0.05) is 16.7 Å². The van der Waals surface area contributed by atoms with Gasteiger partial charge < -0.3 is 14.6 Å². The van der Waals surface area contributed by atoms with Crippen LogP contribution in [0.25, 0.3) is 23.5 Å². The van der Waals surface area contributed by atoms with Gasteiger partial charge in [-0.25, -0.2) is 0 Å². The smallest absolute Gasteiger partial charge is 0.127 e. The summed E-state index contributed by atoms with van der Waals surface area (Å²) in [5, 5.41) is 10.7. The molecule has 0 amide bonds. The van der Waals surface area contributed by atoms with E-state index < -0.39 is 10.8 Å². The Morgan fingerprint density at radius 3 is 1.23 bits per heavy atom. The molecule has 0 fully saturated rings. The van der Waals surface area contributed by atoms with Gasteiger partial charge in [-0.2, -0.15) is 0 Å². The molecule has 0 radical (unpaired) electrons. The van der Waals surface area contributed by atoms with Crippen LogP contribution in [0, 0.1) is 47.4 Å². The maximum absolute atomic E-state index is 10.7. The molecule has 0 saturated carbocycles. The molecule has 0 bridgehead atoms. The van der Waals surface area contributed by atoms with Gasteiger partial charge in [0.25, 0.3) is 0 Å². The number of methoxy groups -OCH3 is 1. The highest BCUT2D eigenvalue weighted by atomic mass is 16.5. The van der Waals surface area contributed by atoms with Crippen molar-refractivity contribution in [3.05, 3.63) is 273 Å². The maximum Gasteiger partial charge on any atom is 0.127 e. The van der Waals surface area contributed by atoms with Crippen molar-refractivity contribution < 1.29 is 14.6 Å². The summed E-state index contributed by atoms with van der Waals surface area (Å²) >= 11 is 0. The van der Waals surface area contributed by atoms with Crippen LogP contribution in [0.1, 0.15) is 94.5 Å². The molecule has 0 saturated heterocycles. The number of benzene rings is 8. The van der Waals surface area contributed by atoms with Crippen molar-refractivity contribution in [2.45, 2.75) is 38.5 Å². The molecule has 0 spiro atoms. The molecule has 2 atom stereocenters. The van der Waals surface area contributed by atoms with Gasteiger partial charge in [0.15, 0.2) is 0 Å². The lowest BCUT2D eigenvalue weighted by Crippen LogP contribution is -2.29. The van der Waals surface area contributed by atoms with E-state index in [0.29, 0.717) is 11.5 Å². The fraction of sp³-hybridized carbons (Fsp3) is 0.118. The Labute approximate surface area is 420 Å². The molecule has 0 heterocycles. The molecule has 2 aliphatic rings. The monoisotopic (exact) mass is 918 g/mol. The number of aliphatic hydroxyl groups is 1. The molecular formula is C68H54O3. The predicted octanol–water partition coefficient (Wildman–Crippen LogP) is 14.6. The minimum Gasteiger partial charge on any atom is -0.496 e. The van der Waals surface area contributed by atoms with Crippen LogP contribution >= 0.6 is 0 Å². The summed E-state index contributed by atoms with van der Waals surface area (Å²) in [6, 6.07) is 70.4. The molecular weight excluding hydrogens is 865 g/mol. The summed E-state index contributed by atoms with van der Waals surface area (Å²) in [5.41, 5.74) is 11.2.